The van der Waals surface area contributed by atoms with Crippen molar-refractivity contribution in [2.24, 2.45) is 0 Å². The molecule has 0 bridgehead atoms. The number of anilines is 1. The zero-order chi connectivity index (χ0) is 21.1. The molecular weight excluding hydrogens is 398 g/mol. The van der Waals surface area contributed by atoms with Gasteiger partial charge in [0, 0.05) is 4.88 Å². The lowest BCUT2D eigenvalue weighted by Gasteiger charge is -2.22. The van der Waals surface area contributed by atoms with Gasteiger partial charge in [0.2, 0.25) is 0 Å². The van der Waals surface area contributed by atoms with Crippen molar-refractivity contribution >= 4 is 28.2 Å². The molecule has 1 N–H and O–H groups in total. The second-order valence-corrected chi connectivity index (χ2v) is 9.09. The lowest BCUT2D eigenvalue weighted by molar-refractivity contribution is -0.122. The average Bonchev–Trinajstić information content (AvgIpc) is 3.12. The van der Waals surface area contributed by atoms with E-state index in [1.807, 2.05) is 12.1 Å². The Labute approximate surface area is 181 Å². The van der Waals surface area contributed by atoms with Crippen molar-refractivity contribution in [2.75, 3.05) is 11.9 Å². The summed E-state index contributed by atoms with van der Waals surface area (Å²) in [7, 11) is 0. The molecule has 0 fully saturated rings. The van der Waals surface area contributed by atoms with Gasteiger partial charge in [-0.05, 0) is 88.0 Å². The molecule has 0 saturated heterocycles. The Hall–Kier alpha value is -2.34. The number of carbonyl (C=O) groups excluding carboxylic acids is 2. The minimum absolute atomic E-state index is 0.243. The lowest BCUT2D eigenvalue weighted by Crippen LogP contribution is -2.31. The number of thiophene rings is 1. The van der Waals surface area contributed by atoms with Crippen molar-refractivity contribution in [3.8, 4) is 5.75 Å². The summed E-state index contributed by atoms with van der Waals surface area (Å²) < 4.78 is 11.4. The average molecular weight is 428 g/mol. The predicted octanol–water partition coefficient (Wildman–Crippen LogP) is 5.09. The summed E-state index contributed by atoms with van der Waals surface area (Å²) >= 11 is 1.50. The topological polar surface area (TPSA) is 64.6 Å². The van der Waals surface area contributed by atoms with Crippen LogP contribution in [0.15, 0.2) is 18.2 Å². The normalized spacial score (nSPS) is 16.2. The van der Waals surface area contributed by atoms with Crippen molar-refractivity contribution in [3.63, 3.8) is 0 Å². The molecule has 2 aliphatic rings. The standard InChI is InChI=1S/C24H29NO4S/c1-3-28-24(27)21-18-12-6-7-14-20(18)30-23(21)25-22(26)15(2)29-19-13-8-10-16-9-4-5-11-17(16)19/h8,10,13,15H,3-7,9,11-12,14H2,1-2H3,(H,25,26). The third kappa shape index (κ3) is 4.24. The number of carbonyl (C=O) groups is 2. The molecule has 1 atom stereocenters. The highest BCUT2D eigenvalue weighted by molar-refractivity contribution is 7.17. The number of hydrogen-bond donors (Lipinski definition) is 1. The van der Waals surface area contributed by atoms with Crippen LogP contribution in [0.4, 0.5) is 5.00 Å². The van der Waals surface area contributed by atoms with E-state index in [2.05, 4.69) is 11.4 Å². The summed E-state index contributed by atoms with van der Waals surface area (Å²) in [5.41, 5.74) is 4.13. The first-order valence-electron chi connectivity index (χ1n) is 11.0. The molecule has 0 aliphatic heterocycles. The third-order valence-corrected chi connectivity index (χ3v) is 7.12. The molecule has 2 aliphatic carbocycles. The summed E-state index contributed by atoms with van der Waals surface area (Å²) in [4.78, 5) is 26.7. The second kappa shape index (κ2) is 9.21. The quantitative estimate of drug-likeness (QED) is 0.652. The number of amides is 1. The predicted molar refractivity (Wildman–Crippen MR) is 119 cm³/mol. The van der Waals surface area contributed by atoms with Crippen LogP contribution < -0.4 is 10.1 Å². The van der Waals surface area contributed by atoms with Crippen molar-refractivity contribution in [1.82, 2.24) is 0 Å². The van der Waals surface area contributed by atoms with Crippen molar-refractivity contribution in [3.05, 3.63) is 45.3 Å². The van der Waals surface area contributed by atoms with E-state index in [-0.39, 0.29) is 11.9 Å². The Balaban J connectivity index is 1.53. The maximum absolute atomic E-state index is 12.9. The molecule has 1 aromatic carbocycles. The SMILES string of the molecule is CCOC(=O)c1c(NC(=O)C(C)Oc2cccc3c2CCCC3)sc2c1CCCC2. The molecule has 1 amide bonds. The van der Waals surface area contributed by atoms with Gasteiger partial charge in [-0.2, -0.15) is 0 Å². The number of ether oxygens (including phenoxy) is 2. The van der Waals surface area contributed by atoms with Gasteiger partial charge in [0.05, 0.1) is 12.2 Å². The fourth-order valence-corrected chi connectivity index (χ4v) is 5.67. The molecule has 6 heteroatoms. The Kier molecular flexibility index (Phi) is 6.42. The summed E-state index contributed by atoms with van der Waals surface area (Å²) in [5, 5.41) is 3.55. The molecule has 0 radical (unpaired) electrons. The van der Waals surface area contributed by atoms with Crippen LogP contribution in [0, 0.1) is 0 Å². The molecule has 0 saturated carbocycles. The first-order valence-corrected chi connectivity index (χ1v) is 11.8. The number of fused-ring (bicyclic) bond motifs is 2. The third-order valence-electron chi connectivity index (χ3n) is 5.91. The van der Waals surface area contributed by atoms with Gasteiger partial charge < -0.3 is 14.8 Å². The monoisotopic (exact) mass is 427 g/mol. The number of esters is 1. The van der Waals surface area contributed by atoms with E-state index in [1.165, 1.54) is 33.8 Å². The lowest BCUT2D eigenvalue weighted by atomic mass is 9.91. The minimum atomic E-state index is -0.660. The van der Waals surface area contributed by atoms with E-state index in [0.717, 1.165) is 56.3 Å². The summed E-state index contributed by atoms with van der Waals surface area (Å²) in [6.45, 7) is 3.87. The minimum Gasteiger partial charge on any atom is -0.481 e. The Morgan fingerprint density at radius 2 is 1.80 bits per heavy atom. The Morgan fingerprint density at radius 1 is 1.07 bits per heavy atom. The molecule has 5 nitrogen and oxygen atoms in total. The first kappa shape index (κ1) is 20.9. The molecule has 2 aromatic rings. The van der Waals surface area contributed by atoms with Crippen LogP contribution in [0.3, 0.4) is 0 Å². The molecule has 4 rings (SSSR count). The van der Waals surface area contributed by atoms with Gasteiger partial charge in [0.15, 0.2) is 6.10 Å². The molecule has 1 heterocycles. The summed E-state index contributed by atoms with van der Waals surface area (Å²) in [6.07, 6.45) is 7.73. The highest BCUT2D eigenvalue weighted by Crippen LogP contribution is 2.39. The maximum atomic E-state index is 12.9. The highest BCUT2D eigenvalue weighted by Gasteiger charge is 2.28. The second-order valence-electron chi connectivity index (χ2n) is 7.99. The number of nitrogens with one attached hydrogen (secondary N) is 1. The highest BCUT2D eigenvalue weighted by atomic mass is 32.1. The number of hydrogen-bond acceptors (Lipinski definition) is 5. The zero-order valence-corrected chi connectivity index (χ0v) is 18.5. The summed E-state index contributed by atoms with van der Waals surface area (Å²) in [5.74, 6) is 0.205. The van der Waals surface area contributed by atoms with Crippen LogP contribution in [-0.4, -0.2) is 24.6 Å². The Morgan fingerprint density at radius 3 is 2.60 bits per heavy atom. The van der Waals surface area contributed by atoms with Crippen LogP contribution in [0.1, 0.15) is 71.5 Å². The van der Waals surface area contributed by atoms with Crippen LogP contribution in [0.2, 0.25) is 0 Å². The molecular formula is C24H29NO4S. The Bertz CT molecular complexity index is 949. The number of benzene rings is 1. The van der Waals surface area contributed by atoms with Crippen molar-refractivity contribution in [1.29, 1.82) is 0 Å². The van der Waals surface area contributed by atoms with Gasteiger partial charge in [-0.15, -0.1) is 11.3 Å². The van der Waals surface area contributed by atoms with E-state index in [1.54, 1.807) is 13.8 Å². The van der Waals surface area contributed by atoms with E-state index in [0.29, 0.717) is 17.2 Å². The van der Waals surface area contributed by atoms with Crippen LogP contribution >= 0.6 is 11.3 Å². The summed E-state index contributed by atoms with van der Waals surface area (Å²) in [6, 6.07) is 6.09. The molecule has 0 spiro atoms. The van der Waals surface area contributed by atoms with E-state index >= 15 is 0 Å². The molecule has 160 valence electrons. The van der Waals surface area contributed by atoms with Gasteiger partial charge in [-0.1, -0.05) is 12.1 Å². The van der Waals surface area contributed by atoms with E-state index < -0.39 is 6.10 Å². The van der Waals surface area contributed by atoms with Crippen molar-refractivity contribution < 1.29 is 19.1 Å². The van der Waals surface area contributed by atoms with Gasteiger partial charge in [0.25, 0.3) is 5.91 Å². The molecule has 30 heavy (non-hydrogen) atoms. The van der Waals surface area contributed by atoms with Crippen LogP contribution in [0.5, 0.6) is 5.75 Å². The largest absolute Gasteiger partial charge is 0.481 e. The van der Waals surface area contributed by atoms with Gasteiger partial charge in [0.1, 0.15) is 10.8 Å². The van der Waals surface area contributed by atoms with Crippen LogP contribution in [0.25, 0.3) is 0 Å². The fourth-order valence-electron chi connectivity index (χ4n) is 4.39. The van der Waals surface area contributed by atoms with Crippen LogP contribution in [-0.2, 0) is 35.2 Å². The van der Waals surface area contributed by atoms with Gasteiger partial charge in [-0.25, -0.2) is 4.79 Å². The van der Waals surface area contributed by atoms with E-state index in [4.69, 9.17) is 9.47 Å². The van der Waals surface area contributed by atoms with E-state index in [9.17, 15) is 9.59 Å². The van der Waals surface area contributed by atoms with Gasteiger partial charge >= 0.3 is 5.97 Å². The number of rotatable bonds is 6. The maximum Gasteiger partial charge on any atom is 0.341 e. The number of aryl methyl sites for hydroxylation is 2. The molecule has 1 aromatic heterocycles. The smallest absolute Gasteiger partial charge is 0.341 e. The zero-order valence-electron chi connectivity index (χ0n) is 17.7. The molecule has 1 unspecified atom stereocenters. The first-order chi connectivity index (χ1) is 14.6. The van der Waals surface area contributed by atoms with Gasteiger partial charge in [-0.3, -0.25) is 4.79 Å². The van der Waals surface area contributed by atoms with Crippen molar-refractivity contribution in [2.45, 2.75) is 71.3 Å². The fraction of sp³-hybridized carbons (Fsp3) is 0.500.